The van der Waals surface area contributed by atoms with E-state index in [1.165, 1.54) is 25.7 Å². The third-order valence-electron chi connectivity index (χ3n) is 5.67. The lowest BCUT2D eigenvalue weighted by Crippen LogP contribution is -2.44. The van der Waals surface area contributed by atoms with Gasteiger partial charge in [-0.1, -0.05) is 31.0 Å². The number of nitrogens with one attached hydrogen (secondary N) is 1. The fourth-order valence-electron chi connectivity index (χ4n) is 4.02. The molecule has 4 rings (SSSR count). The second-order valence-corrected chi connectivity index (χ2v) is 7.56. The SMILES string of the molecule is COc1ccccc1CN(C(=O)NCc1cncn1C1CC1)C1CCCC1. The highest BCUT2D eigenvalue weighted by molar-refractivity contribution is 5.74. The number of urea groups is 1. The molecule has 144 valence electrons. The Labute approximate surface area is 160 Å². The minimum atomic E-state index is -0.00338. The van der Waals surface area contributed by atoms with Crippen LogP contribution in [0.3, 0.4) is 0 Å². The van der Waals surface area contributed by atoms with Crippen LogP contribution in [0, 0.1) is 0 Å². The molecule has 2 aromatic rings. The van der Waals surface area contributed by atoms with Gasteiger partial charge >= 0.3 is 6.03 Å². The monoisotopic (exact) mass is 368 g/mol. The molecule has 0 atom stereocenters. The number of nitrogens with zero attached hydrogens (tertiary/aromatic N) is 3. The molecule has 0 aliphatic heterocycles. The molecule has 0 radical (unpaired) electrons. The normalized spacial score (nSPS) is 17.1. The molecule has 6 nitrogen and oxygen atoms in total. The van der Waals surface area contributed by atoms with Crippen LogP contribution in [-0.2, 0) is 13.1 Å². The number of carbonyl (C=O) groups is 1. The highest BCUT2D eigenvalue weighted by Gasteiger charge is 2.28. The lowest BCUT2D eigenvalue weighted by Gasteiger charge is -2.30. The summed E-state index contributed by atoms with van der Waals surface area (Å²) >= 11 is 0. The fourth-order valence-corrected chi connectivity index (χ4v) is 4.02. The van der Waals surface area contributed by atoms with Crippen LogP contribution in [-0.4, -0.2) is 33.6 Å². The third-order valence-corrected chi connectivity index (χ3v) is 5.67. The molecular weight excluding hydrogens is 340 g/mol. The predicted octanol–water partition coefficient (Wildman–Crippen LogP) is 3.88. The standard InChI is InChI=1S/C21H28N4O2/c1-27-20-9-5-2-6-16(20)14-24(17-7-3-4-8-17)21(26)23-13-19-12-22-15-25(19)18-10-11-18/h2,5-6,9,12,15,17-18H,3-4,7-8,10-11,13-14H2,1H3,(H,23,26). The number of benzene rings is 1. The van der Waals surface area contributed by atoms with Crippen molar-refractivity contribution in [3.63, 3.8) is 0 Å². The van der Waals surface area contributed by atoms with E-state index in [1.54, 1.807) is 7.11 Å². The van der Waals surface area contributed by atoms with Crippen molar-refractivity contribution >= 4 is 6.03 Å². The molecule has 1 N–H and O–H groups in total. The van der Waals surface area contributed by atoms with E-state index in [9.17, 15) is 4.79 Å². The highest BCUT2D eigenvalue weighted by Crippen LogP contribution is 2.35. The average molecular weight is 368 g/mol. The van der Waals surface area contributed by atoms with E-state index >= 15 is 0 Å². The maximum Gasteiger partial charge on any atom is 0.318 e. The zero-order valence-corrected chi connectivity index (χ0v) is 15.9. The first-order valence-corrected chi connectivity index (χ1v) is 9.93. The highest BCUT2D eigenvalue weighted by atomic mass is 16.5. The zero-order chi connectivity index (χ0) is 18.6. The number of aromatic nitrogens is 2. The Balaban J connectivity index is 1.46. The van der Waals surface area contributed by atoms with Crippen molar-refractivity contribution in [3.8, 4) is 5.75 Å². The predicted molar refractivity (Wildman–Crippen MR) is 104 cm³/mol. The molecule has 0 unspecified atom stereocenters. The van der Waals surface area contributed by atoms with Crippen molar-refractivity contribution in [2.75, 3.05) is 7.11 Å². The first kappa shape index (κ1) is 17.9. The molecule has 0 saturated heterocycles. The van der Waals surface area contributed by atoms with Gasteiger partial charge in [-0.15, -0.1) is 0 Å². The number of ether oxygens (including phenoxy) is 1. The molecule has 2 aliphatic carbocycles. The van der Waals surface area contributed by atoms with Gasteiger partial charge in [-0.25, -0.2) is 9.78 Å². The number of methoxy groups -OCH3 is 1. The van der Waals surface area contributed by atoms with Crippen molar-refractivity contribution in [3.05, 3.63) is 48.0 Å². The molecule has 0 bridgehead atoms. The Kier molecular flexibility index (Phi) is 5.32. The Bertz CT molecular complexity index is 778. The fraction of sp³-hybridized carbons (Fsp3) is 0.524. The van der Waals surface area contributed by atoms with Gasteiger partial charge in [-0.05, 0) is 31.7 Å². The Morgan fingerprint density at radius 1 is 1.26 bits per heavy atom. The first-order chi connectivity index (χ1) is 13.3. The molecule has 1 heterocycles. The van der Waals surface area contributed by atoms with Crippen molar-refractivity contribution in [2.24, 2.45) is 0 Å². The van der Waals surface area contributed by atoms with Crippen LogP contribution >= 0.6 is 0 Å². The Morgan fingerprint density at radius 2 is 2.04 bits per heavy atom. The summed E-state index contributed by atoms with van der Waals surface area (Å²) in [7, 11) is 1.68. The second-order valence-electron chi connectivity index (χ2n) is 7.56. The van der Waals surface area contributed by atoms with Gasteiger partial charge < -0.3 is 19.5 Å². The summed E-state index contributed by atoms with van der Waals surface area (Å²) in [5.74, 6) is 0.833. The van der Waals surface area contributed by atoms with Crippen LogP contribution in [0.1, 0.15) is 55.8 Å². The second kappa shape index (κ2) is 8.03. The number of carbonyl (C=O) groups excluding carboxylic acids is 1. The summed E-state index contributed by atoms with van der Waals surface area (Å²) in [6, 6.07) is 8.81. The van der Waals surface area contributed by atoms with E-state index in [0.717, 1.165) is 29.8 Å². The van der Waals surface area contributed by atoms with E-state index in [0.29, 0.717) is 25.2 Å². The van der Waals surface area contributed by atoms with Gasteiger partial charge in [0.1, 0.15) is 5.75 Å². The average Bonchev–Trinajstić information content (AvgIpc) is 3.19. The molecule has 2 aliphatic rings. The molecule has 1 aromatic carbocycles. The van der Waals surface area contributed by atoms with E-state index in [1.807, 2.05) is 41.7 Å². The minimum absolute atomic E-state index is 0.00338. The van der Waals surface area contributed by atoms with Gasteiger partial charge in [0, 0.05) is 23.8 Å². The van der Waals surface area contributed by atoms with Crippen LogP contribution in [0.2, 0.25) is 0 Å². The lowest BCUT2D eigenvalue weighted by molar-refractivity contribution is 0.169. The van der Waals surface area contributed by atoms with Crippen LogP contribution in [0.25, 0.3) is 0 Å². The number of rotatable bonds is 7. The first-order valence-electron chi connectivity index (χ1n) is 9.93. The van der Waals surface area contributed by atoms with E-state index in [2.05, 4.69) is 14.9 Å². The summed E-state index contributed by atoms with van der Waals surface area (Å²) in [6.07, 6.45) is 10.7. The topological polar surface area (TPSA) is 59.4 Å². The maximum absolute atomic E-state index is 13.1. The third kappa shape index (κ3) is 4.10. The van der Waals surface area contributed by atoms with Gasteiger partial charge in [-0.2, -0.15) is 0 Å². The molecule has 27 heavy (non-hydrogen) atoms. The van der Waals surface area contributed by atoms with Gasteiger partial charge in [0.15, 0.2) is 0 Å². The summed E-state index contributed by atoms with van der Waals surface area (Å²) in [6.45, 7) is 1.09. The molecule has 6 heteroatoms. The van der Waals surface area contributed by atoms with Crippen LogP contribution in [0.5, 0.6) is 5.75 Å². The number of imidazole rings is 1. The van der Waals surface area contributed by atoms with Gasteiger partial charge in [-0.3, -0.25) is 0 Å². The smallest absolute Gasteiger partial charge is 0.318 e. The molecule has 2 amide bonds. The molecule has 1 aromatic heterocycles. The van der Waals surface area contributed by atoms with Crippen molar-refractivity contribution in [2.45, 2.75) is 63.7 Å². The lowest BCUT2D eigenvalue weighted by atomic mass is 10.1. The summed E-state index contributed by atoms with van der Waals surface area (Å²) < 4.78 is 7.68. The van der Waals surface area contributed by atoms with Crippen LogP contribution in [0.15, 0.2) is 36.8 Å². The van der Waals surface area contributed by atoms with E-state index in [4.69, 9.17) is 4.74 Å². The summed E-state index contributed by atoms with van der Waals surface area (Å²) in [5, 5.41) is 3.13. The van der Waals surface area contributed by atoms with Gasteiger partial charge in [0.05, 0.1) is 32.2 Å². The molecule has 2 fully saturated rings. The summed E-state index contributed by atoms with van der Waals surface area (Å²) in [5.41, 5.74) is 2.12. The minimum Gasteiger partial charge on any atom is -0.496 e. The molecule has 0 spiro atoms. The van der Waals surface area contributed by atoms with Crippen molar-refractivity contribution < 1.29 is 9.53 Å². The Morgan fingerprint density at radius 3 is 2.78 bits per heavy atom. The molecular formula is C21H28N4O2. The van der Waals surface area contributed by atoms with Gasteiger partial charge in [0.25, 0.3) is 0 Å². The number of hydrogen-bond acceptors (Lipinski definition) is 3. The number of amides is 2. The largest absolute Gasteiger partial charge is 0.496 e. The van der Waals surface area contributed by atoms with Crippen molar-refractivity contribution in [1.29, 1.82) is 0 Å². The zero-order valence-electron chi connectivity index (χ0n) is 15.9. The van der Waals surface area contributed by atoms with Gasteiger partial charge in [0.2, 0.25) is 0 Å². The van der Waals surface area contributed by atoms with Crippen molar-refractivity contribution in [1.82, 2.24) is 19.8 Å². The quantitative estimate of drug-likeness (QED) is 0.807. The maximum atomic E-state index is 13.1. The Hall–Kier alpha value is -2.50. The number of hydrogen-bond donors (Lipinski definition) is 1. The van der Waals surface area contributed by atoms with E-state index in [-0.39, 0.29) is 6.03 Å². The molecule has 2 saturated carbocycles. The number of para-hydroxylation sites is 1. The summed E-state index contributed by atoms with van der Waals surface area (Å²) in [4.78, 5) is 19.3. The van der Waals surface area contributed by atoms with E-state index < -0.39 is 0 Å². The van der Waals surface area contributed by atoms with Crippen LogP contribution in [0.4, 0.5) is 4.79 Å². The van der Waals surface area contributed by atoms with Crippen LogP contribution < -0.4 is 10.1 Å².